The molecule has 0 saturated carbocycles. The molecule has 1 fully saturated rings. The zero-order chi connectivity index (χ0) is 15.7. The first-order valence-corrected chi connectivity index (χ1v) is 8.55. The standard InChI is InChI=1S/C16H22N4OS/c1-11(13-10-17-19(3)12(13)2)18-16(21)20-8-4-6-14(20)15-7-5-9-22-15/h5,7,9-11,14H,4,6,8H2,1-3H3,(H,18,21). The number of nitrogens with zero attached hydrogens (tertiary/aromatic N) is 3. The molecule has 118 valence electrons. The highest BCUT2D eigenvalue weighted by molar-refractivity contribution is 7.10. The predicted octanol–water partition coefficient (Wildman–Crippen LogP) is 3.40. The fraction of sp³-hybridized carbons (Fsp3) is 0.500. The van der Waals surface area contributed by atoms with Crippen molar-refractivity contribution in [2.75, 3.05) is 6.54 Å². The van der Waals surface area contributed by atoms with Crippen molar-refractivity contribution in [1.82, 2.24) is 20.0 Å². The number of thiophene rings is 1. The second kappa shape index (κ2) is 6.12. The summed E-state index contributed by atoms with van der Waals surface area (Å²) < 4.78 is 1.84. The van der Waals surface area contributed by atoms with Crippen molar-refractivity contribution >= 4 is 17.4 Å². The van der Waals surface area contributed by atoms with Crippen molar-refractivity contribution in [3.63, 3.8) is 0 Å². The molecular weight excluding hydrogens is 296 g/mol. The molecule has 1 aliphatic heterocycles. The van der Waals surface area contributed by atoms with Gasteiger partial charge in [0.2, 0.25) is 0 Å². The van der Waals surface area contributed by atoms with Crippen LogP contribution in [0, 0.1) is 6.92 Å². The molecule has 6 heteroatoms. The number of nitrogens with one attached hydrogen (secondary N) is 1. The lowest BCUT2D eigenvalue weighted by Crippen LogP contribution is -2.40. The van der Waals surface area contributed by atoms with Crippen LogP contribution < -0.4 is 5.32 Å². The number of rotatable bonds is 3. The Morgan fingerprint density at radius 2 is 2.36 bits per heavy atom. The molecule has 22 heavy (non-hydrogen) atoms. The van der Waals surface area contributed by atoms with Crippen molar-refractivity contribution in [3.05, 3.63) is 39.8 Å². The van der Waals surface area contributed by atoms with Crippen LogP contribution in [-0.2, 0) is 7.05 Å². The van der Waals surface area contributed by atoms with Gasteiger partial charge in [-0.2, -0.15) is 5.10 Å². The minimum absolute atomic E-state index is 0.0200. The number of hydrogen-bond donors (Lipinski definition) is 1. The number of hydrogen-bond acceptors (Lipinski definition) is 3. The number of likely N-dealkylation sites (tertiary alicyclic amines) is 1. The van der Waals surface area contributed by atoms with E-state index in [9.17, 15) is 4.79 Å². The van der Waals surface area contributed by atoms with Crippen molar-refractivity contribution in [2.24, 2.45) is 7.05 Å². The number of carbonyl (C=O) groups is 1. The highest BCUT2D eigenvalue weighted by atomic mass is 32.1. The minimum Gasteiger partial charge on any atom is -0.331 e. The molecule has 2 atom stereocenters. The molecule has 0 radical (unpaired) electrons. The third kappa shape index (κ3) is 2.75. The maximum atomic E-state index is 12.6. The maximum absolute atomic E-state index is 12.6. The Morgan fingerprint density at radius 1 is 1.55 bits per heavy atom. The number of aromatic nitrogens is 2. The molecular formula is C16H22N4OS. The van der Waals surface area contributed by atoms with Crippen LogP contribution >= 0.6 is 11.3 Å². The van der Waals surface area contributed by atoms with Crippen LogP contribution in [0.4, 0.5) is 4.79 Å². The zero-order valence-electron chi connectivity index (χ0n) is 13.2. The monoisotopic (exact) mass is 318 g/mol. The third-order valence-corrected chi connectivity index (χ3v) is 5.44. The minimum atomic E-state index is -0.0363. The fourth-order valence-corrected chi connectivity index (χ4v) is 3.95. The summed E-state index contributed by atoms with van der Waals surface area (Å²) in [6.07, 6.45) is 3.95. The van der Waals surface area contributed by atoms with Gasteiger partial charge in [-0.05, 0) is 38.1 Å². The van der Waals surface area contributed by atoms with Crippen molar-refractivity contribution in [1.29, 1.82) is 0 Å². The van der Waals surface area contributed by atoms with Crippen LogP contribution in [0.5, 0.6) is 0 Å². The summed E-state index contributed by atoms with van der Waals surface area (Å²) >= 11 is 1.73. The van der Waals surface area contributed by atoms with Gasteiger partial charge in [0, 0.05) is 29.7 Å². The van der Waals surface area contributed by atoms with E-state index in [1.54, 1.807) is 11.3 Å². The average Bonchev–Trinajstić information content (AvgIpc) is 3.20. The first-order chi connectivity index (χ1) is 10.6. The largest absolute Gasteiger partial charge is 0.331 e. The van der Waals surface area contributed by atoms with E-state index in [1.165, 1.54) is 4.88 Å². The van der Waals surface area contributed by atoms with Crippen molar-refractivity contribution in [3.8, 4) is 0 Å². The predicted molar refractivity (Wildman–Crippen MR) is 87.9 cm³/mol. The molecule has 2 unspecified atom stereocenters. The third-order valence-electron chi connectivity index (χ3n) is 4.46. The van der Waals surface area contributed by atoms with Crippen LogP contribution in [-0.4, -0.2) is 27.3 Å². The van der Waals surface area contributed by atoms with E-state index in [0.29, 0.717) is 0 Å². The van der Waals surface area contributed by atoms with Crippen LogP contribution in [0.2, 0.25) is 0 Å². The van der Waals surface area contributed by atoms with Crippen LogP contribution in [0.25, 0.3) is 0 Å². The smallest absolute Gasteiger partial charge is 0.318 e. The molecule has 1 N–H and O–H groups in total. The highest BCUT2D eigenvalue weighted by Crippen LogP contribution is 2.34. The van der Waals surface area contributed by atoms with E-state index < -0.39 is 0 Å². The van der Waals surface area contributed by atoms with Gasteiger partial charge in [-0.25, -0.2) is 4.79 Å². The Kier molecular flexibility index (Phi) is 4.20. The normalized spacial score (nSPS) is 19.4. The quantitative estimate of drug-likeness (QED) is 0.943. The van der Waals surface area contributed by atoms with E-state index in [1.807, 2.05) is 36.7 Å². The van der Waals surface area contributed by atoms with Gasteiger partial charge in [0.05, 0.1) is 18.3 Å². The fourth-order valence-electron chi connectivity index (χ4n) is 3.07. The number of amides is 2. The summed E-state index contributed by atoms with van der Waals surface area (Å²) in [5.74, 6) is 0. The van der Waals surface area contributed by atoms with E-state index in [4.69, 9.17) is 0 Å². The van der Waals surface area contributed by atoms with Gasteiger partial charge >= 0.3 is 6.03 Å². The number of urea groups is 1. The van der Waals surface area contributed by atoms with E-state index in [-0.39, 0.29) is 18.1 Å². The van der Waals surface area contributed by atoms with E-state index >= 15 is 0 Å². The Hall–Kier alpha value is -1.82. The van der Waals surface area contributed by atoms with Crippen molar-refractivity contribution in [2.45, 2.75) is 38.8 Å². The number of aryl methyl sites for hydroxylation is 1. The van der Waals surface area contributed by atoms with Gasteiger partial charge in [0.25, 0.3) is 0 Å². The Balaban J connectivity index is 1.70. The van der Waals surface area contributed by atoms with Crippen LogP contribution in [0.3, 0.4) is 0 Å². The average molecular weight is 318 g/mol. The molecule has 1 aliphatic rings. The van der Waals surface area contributed by atoms with Crippen LogP contribution in [0.15, 0.2) is 23.7 Å². The Morgan fingerprint density at radius 3 is 3.00 bits per heavy atom. The first-order valence-electron chi connectivity index (χ1n) is 7.67. The molecule has 2 amide bonds. The van der Waals surface area contributed by atoms with Gasteiger partial charge in [-0.15, -0.1) is 11.3 Å². The number of carbonyl (C=O) groups excluding carboxylic acids is 1. The van der Waals surface area contributed by atoms with Crippen LogP contribution in [0.1, 0.15) is 48.0 Å². The summed E-state index contributed by atoms with van der Waals surface area (Å²) in [5.41, 5.74) is 2.16. The lowest BCUT2D eigenvalue weighted by Gasteiger charge is -2.26. The summed E-state index contributed by atoms with van der Waals surface area (Å²) in [5, 5.41) is 9.45. The SMILES string of the molecule is Cc1c(C(C)NC(=O)N2CCCC2c2cccs2)cnn1C. The summed E-state index contributed by atoms with van der Waals surface area (Å²) in [7, 11) is 1.92. The van der Waals surface area contributed by atoms with Gasteiger partial charge in [0.1, 0.15) is 0 Å². The molecule has 0 spiro atoms. The highest BCUT2D eigenvalue weighted by Gasteiger charge is 2.31. The molecule has 0 aromatic carbocycles. The molecule has 5 nitrogen and oxygen atoms in total. The molecule has 0 aliphatic carbocycles. The van der Waals surface area contributed by atoms with Gasteiger partial charge in [0.15, 0.2) is 0 Å². The molecule has 3 rings (SSSR count). The molecule has 2 aromatic rings. The lowest BCUT2D eigenvalue weighted by atomic mass is 10.1. The topological polar surface area (TPSA) is 50.2 Å². The summed E-state index contributed by atoms with van der Waals surface area (Å²) in [6.45, 7) is 4.86. The van der Waals surface area contributed by atoms with E-state index in [2.05, 4.69) is 27.9 Å². The second-order valence-electron chi connectivity index (χ2n) is 5.85. The second-order valence-corrected chi connectivity index (χ2v) is 6.83. The maximum Gasteiger partial charge on any atom is 0.318 e. The molecule has 1 saturated heterocycles. The molecule has 2 aromatic heterocycles. The molecule has 3 heterocycles. The Labute approximate surface area is 134 Å². The zero-order valence-corrected chi connectivity index (χ0v) is 14.1. The molecule has 0 bridgehead atoms. The summed E-state index contributed by atoms with van der Waals surface area (Å²) in [6, 6.07) is 4.38. The van der Waals surface area contributed by atoms with E-state index in [0.717, 1.165) is 30.6 Å². The van der Waals surface area contributed by atoms with Gasteiger partial charge in [-0.3, -0.25) is 4.68 Å². The summed E-state index contributed by atoms with van der Waals surface area (Å²) in [4.78, 5) is 15.9. The van der Waals surface area contributed by atoms with Gasteiger partial charge in [-0.1, -0.05) is 6.07 Å². The Bertz CT molecular complexity index is 649. The van der Waals surface area contributed by atoms with Crippen molar-refractivity contribution < 1.29 is 4.79 Å². The first kappa shape index (κ1) is 15.1. The van der Waals surface area contributed by atoms with Gasteiger partial charge < -0.3 is 10.2 Å². The lowest BCUT2D eigenvalue weighted by molar-refractivity contribution is 0.190.